The minimum Gasteiger partial charge on any atom is -0.485 e. The Bertz CT molecular complexity index is 4870. The molecule has 17 rings (SSSR count). The number of hydrogen-bond acceptors (Lipinski definition) is 20. The van der Waals surface area contributed by atoms with Crippen molar-refractivity contribution in [1.29, 1.82) is 0 Å². The van der Waals surface area contributed by atoms with Gasteiger partial charge in [-0.25, -0.2) is 0 Å². The van der Waals surface area contributed by atoms with Crippen LogP contribution in [0.1, 0.15) is 192 Å². The number of hydrogen-bond donors (Lipinski definition) is 0. The Morgan fingerprint density at radius 2 is 0.412 bits per heavy atom. The molecule has 0 aliphatic carbocycles. The fourth-order valence-electron chi connectivity index (χ4n) is 14.8. The van der Waals surface area contributed by atoms with Crippen LogP contribution in [-0.4, -0.2) is 52.9 Å². The van der Waals surface area contributed by atoms with Gasteiger partial charge in [-0.1, -0.05) is 129 Å². The van der Waals surface area contributed by atoms with Crippen LogP contribution in [0.3, 0.4) is 0 Å². The highest BCUT2D eigenvalue weighted by molar-refractivity contribution is 7.29. The highest BCUT2D eigenvalue weighted by atomic mass is 32.1. The fourth-order valence-corrected chi connectivity index (χ4v) is 28.2. The highest BCUT2D eigenvalue weighted by Gasteiger charge is 2.31. The average molecular weight is 1740 g/mol. The van der Waals surface area contributed by atoms with Crippen LogP contribution in [0.25, 0.3) is 127 Å². The summed E-state index contributed by atoms with van der Waals surface area (Å²) >= 11 is 22.1. The molecular formula is C94H94O8S12. The Morgan fingerprint density at radius 1 is 0.211 bits per heavy atom. The van der Waals surface area contributed by atoms with E-state index in [0.29, 0.717) is 52.9 Å². The molecule has 0 N–H and O–H groups in total. The number of unbranched alkanes of at least 4 members (excludes halogenated alkanes) is 12. The van der Waals surface area contributed by atoms with Crippen molar-refractivity contribution in [3.8, 4) is 124 Å². The minimum atomic E-state index is 0.578. The van der Waals surface area contributed by atoms with E-state index >= 15 is 0 Å². The van der Waals surface area contributed by atoms with Crippen molar-refractivity contribution in [2.75, 3.05) is 52.9 Å². The second-order valence-electron chi connectivity index (χ2n) is 29.0. The summed E-state index contributed by atoms with van der Waals surface area (Å²) in [7, 11) is 0. The first kappa shape index (κ1) is 79.4. The van der Waals surface area contributed by atoms with E-state index in [1.807, 2.05) is 136 Å². The zero-order valence-electron chi connectivity index (χ0n) is 65.0. The summed E-state index contributed by atoms with van der Waals surface area (Å²) in [5.41, 5.74) is 4.53. The molecular weight excluding hydrogens is 1640 g/mol. The molecule has 20 heteroatoms. The quantitative estimate of drug-likeness (QED) is 0.0360. The molecule has 0 spiro atoms. The lowest BCUT2D eigenvalue weighted by Gasteiger charge is -2.17. The Kier molecular flexibility index (Phi) is 26.6. The molecule has 12 aromatic heterocycles. The van der Waals surface area contributed by atoms with E-state index in [4.69, 9.17) is 37.9 Å². The zero-order valence-corrected chi connectivity index (χ0v) is 74.8. The highest BCUT2D eigenvalue weighted by Crippen LogP contribution is 2.58. The third kappa shape index (κ3) is 18.3. The van der Waals surface area contributed by atoms with Gasteiger partial charge in [-0.2, -0.15) is 0 Å². The Hall–Kier alpha value is -7.02. The molecule has 8 nitrogen and oxygen atoms in total. The van der Waals surface area contributed by atoms with E-state index in [2.05, 4.69) is 185 Å². The van der Waals surface area contributed by atoms with Crippen molar-refractivity contribution in [1.82, 2.24) is 0 Å². The van der Waals surface area contributed by atoms with E-state index in [9.17, 15) is 0 Å². The average Bonchev–Trinajstić information content (AvgIpc) is 1.62. The smallest absolute Gasteiger partial charge is 0.181 e. The largest absolute Gasteiger partial charge is 0.485 e. The van der Waals surface area contributed by atoms with Gasteiger partial charge in [0.25, 0.3) is 0 Å². The summed E-state index contributed by atoms with van der Waals surface area (Å²) in [6, 6.07) is 41.3. The minimum absolute atomic E-state index is 0.578. The third-order valence-corrected chi connectivity index (χ3v) is 35.6. The molecule has 0 amide bonds. The molecule has 0 saturated heterocycles. The summed E-state index contributed by atoms with van der Waals surface area (Å²) in [6.45, 7) is 13.8. The number of ether oxygens (including phenoxy) is 8. The first-order valence-corrected chi connectivity index (χ1v) is 50.5. The lowest BCUT2D eigenvalue weighted by molar-refractivity contribution is 0.172. The molecule has 1 aromatic carbocycles. The predicted octanol–water partition coefficient (Wildman–Crippen LogP) is 32.0. The molecule has 0 atom stereocenters. The maximum Gasteiger partial charge on any atom is 0.181 e. The molecule has 16 heterocycles. The van der Waals surface area contributed by atoms with Gasteiger partial charge in [0.1, 0.15) is 52.9 Å². The zero-order chi connectivity index (χ0) is 77.1. The normalized spacial score (nSPS) is 13.9. The van der Waals surface area contributed by atoms with Gasteiger partial charge >= 0.3 is 0 Å². The first-order valence-electron chi connectivity index (χ1n) is 40.7. The maximum absolute atomic E-state index is 6.38. The van der Waals surface area contributed by atoms with Gasteiger partial charge in [0, 0.05) is 78.0 Å². The molecule has 0 fully saturated rings. The molecule has 0 bridgehead atoms. The lowest BCUT2D eigenvalue weighted by atomic mass is 9.96. The second kappa shape index (κ2) is 38.1. The molecule has 590 valence electrons. The van der Waals surface area contributed by atoms with Crippen LogP contribution in [0.15, 0.2) is 109 Å². The number of benzene rings is 1. The van der Waals surface area contributed by atoms with Gasteiger partial charge < -0.3 is 37.9 Å². The van der Waals surface area contributed by atoms with Crippen molar-refractivity contribution >= 4 is 185 Å². The van der Waals surface area contributed by atoms with Crippen LogP contribution < -0.4 is 37.9 Å². The topological polar surface area (TPSA) is 73.8 Å². The first-order chi connectivity index (χ1) is 56.3. The molecule has 114 heavy (non-hydrogen) atoms. The summed E-state index contributed by atoms with van der Waals surface area (Å²) in [4.78, 5) is 29.7. The van der Waals surface area contributed by atoms with Gasteiger partial charge in [-0.15, -0.1) is 136 Å². The van der Waals surface area contributed by atoms with E-state index in [1.165, 1.54) is 220 Å². The van der Waals surface area contributed by atoms with E-state index in [-0.39, 0.29) is 0 Å². The Labute approximate surface area is 719 Å². The summed E-state index contributed by atoms with van der Waals surface area (Å²) in [5, 5.41) is 0. The Morgan fingerprint density at radius 3 is 0.640 bits per heavy atom. The second-order valence-corrected chi connectivity index (χ2v) is 42.2. The lowest BCUT2D eigenvalue weighted by Crippen LogP contribution is -2.15. The summed E-state index contributed by atoms with van der Waals surface area (Å²) in [6.07, 6.45) is 42.2. The molecule has 13 aromatic rings. The van der Waals surface area contributed by atoms with Crippen LogP contribution in [-0.2, 0) is 25.7 Å². The third-order valence-electron chi connectivity index (χ3n) is 20.7. The SMILES string of the molecule is CCCCCCc1sc(-c2ccc(-c3ccc(/C=C/c4cc(/C=C/c5ccc(-c6ccc(-c7sc(CCCCCC)c8c7OCCO8)s6)s5)c(/C=C/c5ccc(-c6ccc(-c7sc(CCCCCC)c8c7OCCO8)s6)s5)cc4/C=C/c4ccc(-c5ccc(-c6sc(CCCCCC)c7c6OCCO7)s5)s4)s3)s2)c2c1OCCO2. The summed E-state index contributed by atoms with van der Waals surface area (Å²) < 4.78 is 50.8. The van der Waals surface area contributed by atoms with Crippen molar-refractivity contribution in [3.05, 3.63) is 170 Å². The standard InChI is InChI=1S/C94H94O8S12/c1-5-9-13-17-21-75-83-87(99-53-49-95-83)91(111-75)79-45-41-71(107-79)67-37-33-63(103-67)29-25-59-57-61(27-31-65-35-39-69(105-65)73-43-47-81(109-73)93-89-85(97-51-55-101-89)77(113-93)23-19-15-11-7-3)62(28-32-66-36-40-70(106-66)74-44-48-82(110-74)94-90-86(98-52-56-102-90)78(114-94)24-20-16-12-8-4)58-60(59)26-30-64-34-38-68(104-64)72-42-46-80(108-72)92-88-84(96-50-54-100-88)76(112-92)22-18-14-10-6-2/h25-48,57-58H,5-24,49-56H2,1-4H3/b29-25+,30-26+,31-27+,32-28+. The van der Waals surface area contributed by atoms with Crippen LogP contribution in [0.2, 0.25) is 0 Å². The van der Waals surface area contributed by atoms with Crippen molar-refractivity contribution in [3.63, 3.8) is 0 Å². The molecule has 4 aliphatic heterocycles. The number of rotatable bonds is 36. The van der Waals surface area contributed by atoms with Crippen LogP contribution >= 0.6 is 136 Å². The van der Waals surface area contributed by atoms with Crippen molar-refractivity contribution in [2.45, 2.75) is 156 Å². The van der Waals surface area contributed by atoms with Gasteiger partial charge in [0.15, 0.2) is 46.0 Å². The number of thiophene rings is 12. The van der Waals surface area contributed by atoms with Crippen molar-refractivity contribution in [2.24, 2.45) is 0 Å². The molecule has 0 radical (unpaired) electrons. The van der Waals surface area contributed by atoms with Gasteiger partial charge in [0.05, 0.1) is 39.0 Å². The van der Waals surface area contributed by atoms with Crippen LogP contribution in [0.5, 0.6) is 46.0 Å². The Balaban J connectivity index is 0.702. The van der Waals surface area contributed by atoms with Gasteiger partial charge in [-0.05, 0) is 207 Å². The predicted molar refractivity (Wildman–Crippen MR) is 501 cm³/mol. The van der Waals surface area contributed by atoms with Crippen LogP contribution in [0.4, 0.5) is 0 Å². The summed E-state index contributed by atoms with van der Waals surface area (Å²) in [5.74, 6) is 7.58. The van der Waals surface area contributed by atoms with Gasteiger partial charge in [-0.3, -0.25) is 0 Å². The molecule has 0 unspecified atom stereocenters. The van der Waals surface area contributed by atoms with E-state index < -0.39 is 0 Å². The van der Waals surface area contributed by atoms with Crippen molar-refractivity contribution < 1.29 is 37.9 Å². The fraction of sp³-hybridized carbons (Fsp3) is 0.340. The maximum atomic E-state index is 6.38. The number of aryl methyl sites for hydroxylation is 4. The van der Waals surface area contributed by atoms with E-state index in [0.717, 1.165) is 93.9 Å². The number of fused-ring (bicyclic) bond motifs is 4. The van der Waals surface area contributed by atoms with Gasteiger partial charge in [0.2, 0.25) is 0 Å². The monoisotopic (exact) mass is 1730 g/mol. The van der Waals surface area contributed by atoms with E-state index in [1.54, 1.807) is 0 Å². The van der Waals surface area contributed by atoms with Crippen LogP contribution in [0, 0.1) is 0 Å². The molecule has 4 aliphatic rings. The molecule has 0 saturated carbocycles.